The van der Waals surface area contributed by atoms with Crippen molar-refractivity contribution in [1.82, 2.24) is 0 Å². The molecule has 4 heteroatoms. The Kier molecular flexibility index (Phi) is 4.93. The predicted molar refractivity (Wildman–Crippen MR) is 90.1 cm³/mol. The summed E-state index contributed by atoms with van der Waals surface area (Å²) in [6, 6.07) is 10.1. The maximum atomic E-state index is 5.94. The van der Waals surface area contributed by atoms with Crippen LogP contribution < -0.4 is 5.32 Å². The maximum Gasteiger partial charge on any atom is 0.0417 e. The molecule has 1 N–H and O–H groups in total. The van der Waals surface area contributed by atoms with Gasteiger partial charge in [0.2, 0.25) is 0 Å². The van der Waals surface area contributed by atoms with Crippen molar-refractivity contribution in [3.05, 3.63) is 61.0 Å². The van der Waals surface area contributed by atoms with Crippen LogP contribution in [0.15, 0.2) is 39.3 Å². The number of hydrogen-bond acceptors (Lipinski definition) is 1. The van der Waals surface area contributed by atoms with E-state index in [0.29, 0.717) is 0 Å². The van der Waals surface area contributed by atoms with Crippen LogP contribution in [0.3, 0.4) is 0 Å². The van der Waals surface area contributed by atoms with E-state index >= 15 is 0 Å². The summed E-state index contributed by atoms with van der Waals surface area (Å²) in [5, 5.41) is 4.18. The molecule has 1 nitrogen and oxygen atoms in total. The molecule has 2 rings (SSSR count). The second-order valence-electron chi connectivity index (χ2n) is 4.51. The van der Waals surface area contributed by atoms with Crippen LogP contribution in [0.2, 0.25) is 5.02 Å². The molecule has 0 fully saturated rings. The van der Waals surface area contributed by atoms with E-state index in [1.165, 1.54) is 21.2 Å². The second-order valence-corrected chi connectivity index (χ2v) is 6.60. The first-order valence-corrected chi connectivity index (χ1v) is 7.88. The van der Waals surface area contributed by atoms with Crippen molar-refractivity contribution in [2.45, 2.75) is 20.4 Å². The van der Waals surface area contributed by atoms with E-state index in [1.807, 2.05) is 18.2 Å². The predicted octanol–water partition coefficient (Wildman–Crippen LogP) is 6.09. The summed E-state index contributed by atoms with van der Waals surface area (Å²) < 4.78 is 2.20. The van der Waals surface area contributed by atoms with Crippen molar-refractivity contribution in [2.24, 2.45) is 0 Å². The third-order valence-corrected chi connectivity index (χ3v) is 5.16. The molecule has 0 aliphatic heterocycles. The molecule has 0 bridgehead atoms. The van der Waals surface area contributed by atoms with Gasteiger partial charge >= 0.3 is 0 Å². The minimum absolute atomic E-state index is 0.742. The van der Waals surface area contributed by atoms with Crippen LogP contribution in [0.25, 0.3) is 0 Å². The lowest BCUT2D eigenvalue weighted by atomic mass is 10.1. The van der Waals surface area contributed by atoms with E-state index in [1.54, 1.807) is 0 Å². The monoisotopic (exact) mass is 401 g/mol. The molecular weight excluding hydrogens is 389 g/mol. The Labute approximate surface area is 135 Å². The summed E-state index contributed by atoms with van der Waals surface area (Å²) in [7, 11) is 0. The molecule has 0 aliphatic rings. The fourth-order valence-corrected chi connectivity index (χ4v) is 2.96. The van der Waals surface area contributed by atoms with Gasteiger partial charge in [-0.25, -0.2) is 0 Å². The molecular formula is C15H14Br2ClN. The first-order chi connectivity index (χ1) is 8.97. The average Bonchev–Trinajstić information content (AvgIpc) is 2.34. The quantitative estimate of drug-likeness (QED) is 0.653. The van der Waals surface area contributed by atoms with Crippen molar-refractivity contribution >= 4 is 49.1 Å². The zero-order valence-electron chi connectivity index (χ0n) is 10.7. The molecule has 0 heterocycles. The maximum absolute atomic E-state index is 5.94. The van der Waals surface area contributed by atoms with Gasteiger partial charge in [0, 0.05) is 26.2 Å². The van der Waals surface area contributed by atoms with E-state index in [2.05, 4.69) is 63.2 Å². The Morgan fingerprint density at radius 3 is 2.26 bits per heavy atom. The van der Waals surface area contributed by atoms with Crippen LogP contribution in [0.5, 0.6) is 0 Å². The van der Waals surface area contributed by atoms with Crippen molar-refractivity contribution in [1.29, 1.82) is 0 Å². The lowest BCUT2D eigenvalue weighted by Gasteiger charge is -2.12. The Hall–Kier alpha value is -0.510. The van der Waals surface area contributed by atoms with Gasteiger partial charge < -0.3 is 5.32 Å². The number of rotatable bonds is 3. The first kappa shape index (κ1) is 14.9. The van der Waals surface area contributed by atoms with E-state index in [9.17, 15) is 0 Å². The van der Waals surface area contributed by atoms with Gasteiger partial charge in [-0.05, 0) is 54.8 Å². The normalized spacial score (nSPS) is 10.6. The Balaban J connectivity index is 2.14. The summed E-state index contributed by atoms with van der Waals surface area (Å²) in [5.74, 6) is 0. The lowest BCUT2D eigenvalue weighted by molar-refractivity contribution is 1.13. The van der Waals surface area contributed by atoms with Crippen LogP contribution in [-0.2, 0) is 6.54 Å². The fraction of sp³-hybridized carbons (Fsp3) is 0.200. The molecule has 0 spiro atoms. The van der Waals surface area contributed by atoms with Crippen molar-refractivity contribution in [3.63, 3.8) is 0 Å². The number of aryl methyl sites for hydroxylation is 2. The first-order valence-electron chi connectivity index (χ1n) is 5.92. The third-order valence-electron chi connectivity index (χ3n) is 2.93. The van der Waals surface area contributed by atoms with E-state index in [-0.39, 0.29) is 0 Å². The molecule has 0 unspecified atom stereocenters. The molecule has 2 aromatic carbocycles. The molecule has 19 heavy (non-hydrogen) atoms. The standard InChI is InChI=1S/C15H14Br2ClN/c1-9-5-13(6-10(2)15(9)17)19-8-11-3-4-12(18)7-14(11)16/h3-7,19H,8H2,1-2H3. The highest BCUT2D eigenvalue weighted by Gasteiger charge is 2.04. The third kappa shape index (κ3) is 3.74. The summed E-state index contributed by atoms with van der Waals surface area (Å²) in [6.07, 6.45) is 0. The van der Waals surface area contributed by atoms with Crippen LogP contribution in [0, 0.1) is 13.8 Å². The molecule has 0 saturated heterocycles. The van der Waals surface area contributed by atoms with Crippen LogP contribution in [0.1, 0.15) is 16.7 Å². The molecule has 0 aromatic heterocycles. The van der Waals surface area contributed by atoms with Gasteiger partial charge in [0.25, 0.3) is 0 Å². The van der Waals surface area contributed by atoms with Gasteiger partial charge in [0.1, 0.15) is 0 Å². The number of anilines is 1. The number of benzene rings is 2. The van der Waals surface area contributed by atoms with Gasteiger partial charge in [-0.1, -0.05) is 49.5 Å². The minimum atomic E-state index is 0.742. The highest BCUT2D eigenvalue weighted by molar-refractivity contribution is 9.10. The van der Waals surface area contributed by atoms with Crippen molar-refractivity contribution in [2.75, 3.05) is 5.32 Å². The summed E-state index contributed by atoms with van der Waals surface area (Å²) in [4.78, 5) is 0. The molecule has 0 saturated carbocycles. The zero-order chi connectivity index (χ0) is 14.0. The molecule has 2 aromatic rings. The Morgan fingerprint density at radius 2 is 1.68 bits per heavy atom. The van der Waals surface area contributed by atoms with Crippen molar-refractivity contribution < 1.29 is 0 Å². The van der Waals surface area contributed by atoms with Gasteiger partial charge in [-0.15, -0.1) is 0 Å². The SMILES string of the molecule is Cc1cc(NCc2ccc(Cl)cc2Br)cc(C)c1Br. The number of hydrogen-bond donors (Lipinski definition) is 1. The van der Waals surface area contributed by atoms with Gasteiger partial charge in [-0.2, -0.15) is 0 Å². The van der Waals surface area contributed by atoms with E-state index < -0.39 is 0 Å². The molecule has 0 atom stereocenters. The average molecular weight is 404 g/mol. The molecule has 0 aliphatic carbocycles. The van der Waals surface area contributed by atoms with Crippen LogP contribution >= 0.6 is 43.5 Å². The van der Waals surface area contributed by atoms with Crippen LogP contribution in [0.4, 0.5) is 5.69 Å². The smallest absolute Gasteiger partial charge is 0.0417 e. The van der Waals surface area contributed by atoms with Gasteiger partial charge in [0.05, 0.1) is 0 Å². The zero-order valence-corrected chi connectivity index (χ0v) is 14.7. The second kappa shape index (κ2) is 6.29. The largest absolute Gasteiger partial charge is 0.381 e. The summed E-state index contributed by atoms with van der Waals surface area (Å²) in [5.41, 5.74) is 4.78. The number of halogens is 3. The molecule has 0 amide bonds. The van der Waals surface area contributed by atoms with Crippen molar-refractivity contribution in [3.8, 4) is 0 Å². The fourth-order valence-electron chi connectivity index (χ4n) is 1.91. The lowest BCUT2D eigenvalue weighted by Crippen LogP contribution is -2.01. The number of nitrogens with one attached hydrogen (secondary N) is 1. The van der Waals surface area contributed by atoms with Crippen LogP contribution in [-0.4, -0.2) is 0 Å². The highest BCUT2D eigenvalue weighted by atomic mass is 79.9. The Bertz CT molecular complexity index is 588. The summed E-state index contributed by atoms with van der Waals surface area (Å²) >= 11 is 13.0. The van der Waals surface area contributed by atoms with E-state index in [4.69, 9.17) is 11.6 Å². The minimum Gasteiger partial charge on any atom is -0.381 e. The molecule has 100 valence electrons. The van der Waals surface area contributed by atoms with E-state index in [0.717, 1.165) is 21.7 Å². The Morgan fingerprint density at radius 1 is 1.05 bits per heavy atom. The topological polar surface area (TPSA) is 12.0 Å². The van der Waals surface area contributed by atoms with Gasteiger partial charge in [0.15, 0.2) is 0 Å². The molecule has 0 radical (unpaired) electrons. The van der Waals surface area contributed by atoms with Gasteiger partial charge in [-0.3, -0.25) is 0 Å². The summed E-state index contributed by atoms with van der Waals surface area (Å²) in [6.45, 7) is 4.96. The highest BCUT2D eigenvalue weighted by Crippen LogP contribution is 2.26.